The first-order chi connectivity index (χ1) is 19.6. The molecule has 2 amide bonds. The SMILES string of the molecule is CCSC(C)(C)C(=O)CC(=O)Nc1cc(NC(=O)CCCOc2ccc(C(C)(C)CC)cc2C(C)(C)CC)ccc1Cl. The zero-order valence-electron chi connectivity index (χ0n) is 26.8. The minimum atomic E-state index is -0.640. The third-order valence-corrected chi connectivity index (χ3v) is 9.65. The number of anilines is 2. The number of Topliss-reactive ketones (excluding diaryl/α,β-unsaturated/α-hetero) is 1. The first kappa shape index (κ1) is 35.7. The number of ether oxygens (including phenoxy) is 1. The monoisotopic (exact) mass is 616 g/mol. The van der Waals surface area contributed by atoms with Gasteiger partial charge < -0.3 is 15.4 Å². The summed E-state index contributed by atoms with van der Waals surface area (Å²) in [4.78, 5) is 37.8. The Morgan fingerprint density at radius 1 is 0.857 bits per heavy atom. The van der Waals surface area contributed by atoms with Crippen LogP contribution in [-0.4, -0.2) is 34.7 Å². The molecule has 0 aliphatic carbocycles. The highest BCUT2D eigenvalue weighted by Crippen LogP contribution is 2.38. The average Bonchev–Trinajstić information content (AvgIpc) is 2.92. The Kier molecular flexibility index (Phi) is 13.0. The van der Waals surface area contributed by atoms with Crippen LogP contribution < -0.4 is 15.4 Å². The molecule has 0 aromatic heterocycles. The predicted octanol–water partition coefficient (Wildman–Crippen LogP) is 8.94. The number of thioether (sulfide) groups is 1. The number of ketones is 1. The van der Waals surface area contributed by atoms with Crippen LogP contribution in [0.2, 0.25) is 5.02 Å². The molecule has 0 aliphatic rings. The minimum Gasteiger partial charge on any atom is -0.493 e. The number of carbonyl (C=O) groups excluding carboxylic acids is 3. The molecule has 0 heterocycles. The molecule has 0 spiro atoms. The van der Waals surface area contributed by atoms with Crippen molar-refractivity contribution >= 4 is 52.3 Å². The summed E-state index contributed by atoms with van der Waals surface area (Å²) >= 11 is 7.78. The summed E-state index contributed by atoms with van der Waals surface area (Å²) in [5, 5.41) is 5.89. The van der Waals surface area contributed by atoms with Crippen LogP contribution in [0, 0.1) is 0 Å². The number of benzene rings is 2. The van der Waals surface area contributed by atoms with Crippen LogP contribution in [0.3, 0.4) is 0 Å². The Morgan fingerprint density at radius 3 is 2.14 bits per heavy atom. The molecule has 2 aromatic carbocycles. The van der Waals surface area contributed by atoms with E-state index in [-0.39, 0.29) is 35.4 Å². The van der Waals surface area contributed by atoms with E-state index < -0.39 is 10.7 Å². The first-order valence-corrected chi connectivity index (χ1v) is 16.3. The fraction of sp³-hybridized carbons (Fsp3) is 0.559. The lowest BCUT2D eigenvalue weighted by molar-refractivity contribution is -0.126. The third-order valence-electron chi connectivity index (χ3n) is 8.09. The summed E-state index contributed by atoms with van der Waals surface area (Å²) in [7, 11) is 0. The van der Waals surface area contributed by atoms with Crippen molar-refractivity contribution in [1.82, 2.24) is 0 Å². The fourth-order valence-electron chi connectivity index (χ4n) is 4.33. The molecular formula is C34H49ClN2O4S. The van der Waals surface area contributed by atoms with E-state index in [1.807, 2.05) is 20.8 Å². The van der Waals surface area contributed by atoms with Gasteiger partial charge in [0.05, 0.1) is 28.5 Å². The van der Waals surface area contributed by atoms with E-state index >= 15 is 0 Å². The van der Waals surface area contributed by atoms with Crippen LogP contribution in [0.25, 0.3) is 0 Å². The number of amides is 2. The maximum absolute atomic E-state index is 12.7. The van der Waals surface area contributed by atoms with Gasteiger partial charge in [-0.3, -0.25) is 14.4 Å². The number of hydrogen-bond acceptors (Lipinski definition) is 5. The van der Waals surface area contributed by atoms with Crippen molar-refractivity contribution in [2.45, 2.75) is 110 Å². The second-order valence-corrected chi connectivity index (χ2v) is 14.8. The quantitative estimate of drug-likeness (QED) is 0.145. The molecule has 0 radical (unpaired) electrons. The molecule has 232 valence electrons. The molecule has 42 heavy (non-hydrogen) atoms. The van der Waals surface area contributed by atoms with Crippen molar-refractivity contribution in [2.75, 3.05) is 23.0 Å². The van der Waals surface area contributed by atoms with Crippen molar-refractivity contribution in [3.05, 3.63) is 52.5 Å². The maximum Gasteiger partial charge on any atom is 0.231 e. The zero-order valence-corrected chi connectivity index (χ0v) is 28.4. The number of nitrogens with one attached hydrogen (secondary N) is 2. The summed E-state index contributed by atoms with van der Waals surface area (Å²) in [5.41, 5.74) is 3.40. The molecule has 2 aromatic rings. The number of hydrogen-bond donors (Lipinski definition) is 2. The van der Waals surface area contributed by atoms with Gasteiger partial charge in [-0.15, -0.1) is 11.8 Å². The summed E-state index contributed by atoms with van der Waals surface area (Å²) in [6.45, 7) is 19.4. The number of rotatable bonds is 16. The van der Waals surface area contributed by atoms with Crippen molar-refractivity contribution in [3.63, 3.8) is 0 Å². The molecular weight excluding hydrogens is 568 g/mol. The van der Waals surface area contributed by atoms with Gasteiger partial charge in [0.2, 0.25) is 11.8 Å². The molecule has 0 atom stereocenters. The fourth-order valence-corrected chi connectivity index (χ4v) is 5.45. The highest BCUT2D eigenvalue weighted by atomic mass is 35.5. The molecule has 0 saturated carbocycles. The molecule has 2 rings (SSSR count). The molecule has 8 heteroatoms. The van der Waals surface area contributed by atoms with E-state index in [0.29, 0.717) is 29.4 Å². The van der Waals surface area contributed by atoms with Crippen LogP contribution in [0.5, 0.6) is 5.75 Å². The Balaban J connectivity index is 1.97. The van der Waals surface area contributed by atoms with Crippen LogP contribution in [0.15, 0.2) is 36.4 Å². The number of halogens is 1. The van der Waals surface area contributed by atoms with Gasteiger partial charge in [-0.2, -0.15) is 0 Å². The predicted molar refractivity (Wildman–Crippen MR) is 178 cm³/mol. The molecule has 6 nitrogen and oxygen atoms in total. The van der Waals surface area contributed by atoms with Crippen molar-refractivity contribution in [2.24, 2.45) is 0 Å². The summed E-state index contributed by atoms with van der Waals surface area (Å²) in [6, 6.07) is 11.4. The standard InChI is InChI=1S/C34H49ClN2O4S/c1-10-32(4,5)23-15-18-28(25(20-23)33(6,7)11-2)41-19-13-14-30(39)36-24-16-17-26(35)27(21-24)37-31(40)22-29(38)34(8,9)42-12-3/h15-18,20-21H,10-14,19,22H2,1-9H3,(H,36,39)(H,37,40). The zero-order chi connectivity index (χ0) is 31.7. The molecule has 2 N–H and O–H groups in total. The van der Waals surface area contributed by atoms with Gasteiger partial charge in [0, 0.05) is 17.7 Å². The van der Waals surface area contributed by atoms with Gasteiger partial charge in [-0.05, 0) is 79.5 Å². The lowest BCUT2D eigenvalue weighted by atomic mass is 9.76. The van der Waals surface area contributed by atoms with Crippen molar-refractivity contribution in [1.29, 1.82) is 0 Å². The lowest BCUT2D eigenvalue weighted by Gasteiger charge is -2.30. The van der Waals surface area contributed by atoms with Crippen LogP contribution in [-0.2, 0) is 25.2 Å². The van der Waals surface area contributed by atoms with Crippen molar-refractivity contribution < 1.29 is 19.1 Å². The van der Waals surface area contributed by atoms with Gasteiger partial charge >= 0.3 is 0 Å². The van der Waals surface area contributed by atoms with E-state index in [0.717, 1.165) is 24.3 Å². The maximum atomic E-state index is 12.7. The highest BCUT2D eigenvalue weighted by molar-refractivity contribution is 8.01. The highest BCUT2D eigenvalue weighted by Gasteiger charge is 2.29. The van der Waals surface area contributed by atoms with Crippen LogP contribution in [0.1, 0.15) is 106 Å². The third kappa shape index (κ3) is 10.0. The van der Waals surface area contributed by atoms with Gasteiger partial charge in [0.1, 0.15) is 5.75 Å². The molecule has 0 saturated heterocycles. The van der Waals surface area contributed by atoms with Gasteiger partial charge in [-0.1, -0.05) is 72.2 Å². The molecule has 0 bridgehead atoms. The first-order valence-electron chi connectivity index (χ1n) is 14.9. The van der Waals surface area contributed by atoms with E-state index in [4.69, 9.17) is 16.3 Å². The van der Waals surface area contributed by atoms with E-state index in [2.05, 4.69) is 70.4 Å². The van der Waals surface area contributed by atoms with Gasteiger partial charge in [0.25, 0.3) is 0 Å². The Morgan fingerprint density at radius 2 is 1.52 bits per heavy atom. The van der Waals surface area contributed by atoms with Gasteiger partial charge in [0.15, 0.2) is 5.78 Å². The smallest absolute Gasteiger partial charge is 0.231 e. The topological polar surface area (TPSA) is 84.5 Å². The summed E-state index contributed by atoms with van der Waals surface area (Å²) < 4.78 is 5.56. The van der Waals surface area contributed by atoms with Crippen molar-refractivity contribution in [3.8, 4) is 5.75 Å². The summed E-state index contributed by atoms with van der Waals surface area (Å²) in [5.74, 6) is 0.889. The van der Waals surface area contributed by atoms with E-state index in [1.54, 1.807) is 18.2 Å². The second-order valence-electron chi connectivity index (χ2n) is 12.5. The Labute approximate surface area is 262 Å². The Bertz CT molecular complexity index is 1260. The average molecular weight is 617 g/mol. The lowest BCUT2D eigenvalue weighted by Crippen LogP contribution is -2.31. The van der Waals surface area contributed by atoms with Gasteiger partial charge in [-0.25, -0.2) is 0 Å². The van der Waals surface area contributed by atoms with E-state index in [9.17, 15) is 14.4 Å². The Hall–Kier alpha value is -2.51. The second kappa shape index (κ2) is 15.3. The molecule has 0 unspecified atom stereocenters. The molecule has 0 fully saturated rings. The largest absolute Gasteiger partial charge is 0.493 e. The summed E-state index contributed by atoms with van der Waals surface area (Å²) in [6.07, 6.45) is 2.61. The molecule has 0 aliphatic heterocycles. The number of carbonyl (C=O) groups is 3. The van der Waals surface area contributed by atoms with E-state index in [1.165, 1.54) is 22.9 Å². The van der Waals surface area contributed by atoms with Crippen LogP contribution in [0.4, 0.5) is 11.4 Å². The van der Waals surface area contributed by atoms with Crippen LogP contribution >= 0.6 is 23.4 Å². The minimum absolute atomic E-state index is 0.0355. The normalized spacial score (nSPS) is 12.1.